The molecule has 0 aliphatic carbocycles. The smallest absolute Gasteiger partial charge is 0.317 e. The fourth-order valence-corrected chi connectivity index (χ4v) is 1.57. The van der Waals surface area contributed by atoms with Gasteiger partial charge in [-0.25, -0.2) is 0 Å². The third-order valence-corrected chi connectivity index (χ3v) is 2.39. The van der Waals surface area contributed by atoms with Crippen molar-refractivity contribution in [3.63, 3.8) is 0 Å². The Labute approximate surface area is 98.6 Å². The Hall–Kier alpha value is -0.860. The zero-order valence-corrected chi connectivity index (χ0v) is 11.5. The van der Waals surface area contributed by atoms with Crippen LogP contribution in [0.4, 0.5) is 0 Å². The summed E-state index contributed by atoms with van der Waals surface area (Å²) in [5.74, 6) is -1.19. The van der Waals surface area contributed by atoms with Crippen molar-refractivity contribution < 1.29 is 14.3 Å². The second-order valence-corrected chi connectivity index (χ2v) is 6.60. The van der Waals surface area contributed by atoms with E-state index in [2.05, 4.69) is 20.8 Å². The number of hydrogen-bond acceptors (Lipinski definition) is 3. The number of carbonyl (C=O) groups excluding carboxylic acids is 2. The van der Waals surface area contributed by atoms with Gasteiger partial charge in [-0.05, 0) is 17.3 Å². The second-order valence-electron chi connectivity index (χ2n) is 6.60. The van der Waals surface area contributed by atoms with Gasteiger partial charge in [-0.2, -0.15) is 0 Å². The summed E-state index contributed by atoms with van der Waals surface area (Å²) < 4.78 is 4.71. The van der Waals surface area contributed by atoms with Gasteiger partial charge in [0, 0.05) is 6.92 Å². The summed E-state index contributed by atoms with van der Waals surface area (Å²) in [6.07, 6.45) is 0.711. The van der Waals surface area contributed by atoms with Gasteiger partial charge in [0.25, 0.3) is 0 Å². The minimum absolute atomic E-state index is 0.0355. The zero-order chi connectivity index (χ0) is 13.1. The van der Waals surface area contributed by atoms with Crippen LogP contribution in [-0.4, -0.2) is 11.9 Å². The molecule has 0 aromatic carbocycles. The molecule has 0 N–H and O–H groups in total. The van der Waals surface area contributed by atoms with Crippen LogP contribution in [0.15, 0.2) is 0 Å². The predicted octanol–water partition coefficient (Wildman–Crippen LogP) is 3.17. The van der Waals surface area contributed by atoms with E-state index in [1.165, 1.54) is 6.92 Å². The third-order valence-electron chi connectivity index (χ3n) is 2.39. The standard InChI is InChI=1S/C13H24O3/c1-9(14)16-11(15)10(13(5,6)7)8-12(2,3)4/h10H,8H2,1-7H3. The molecule has 0 spiro atoms. The molecule has 0 aromatic rings. The maximum atomic E-state index is 11.8. The number of hydrogen-bond donors (Lipinski definition) is 0. The van der Waals surface area contributed by atoms with E-state index in [1.807, 2.05) is 20.8 Å². The predicted molar refractivity (Wildman–Crippen MR) is 63.8 cm³/mol. The van der Waals surface area contributed by atoms with Crippen LogP contribution in [0.5, 0.6) is 0 Å². The molecule has 1 atom stereocenters. The number of rotatable bonds is 2. The van der Waals surface area contributed by atoms with E-state index in [1.54, 1.807) is 0 Å². The van der Waals surface area contributed by atoms with Gasteiger partial charge in [-0.15, -0.1) is 0 Å². The van der Waals surface area contributed by atoms with E-state index in [0.717, 1.165) is 0 Å². The lowest BCUT2D eigenvalue weighted by Crippen LogP contribution is -2.34. The maximum absolute atomic E-state index is 11.8. The SMILES string of the molecule is CC(=O)OC(=O)C(CC(C)(C)C)C(C)(C)C. The molecule has 0 aromatic heterocycles. The van der Waals surface area contributed by atoms with Gasteiger partial charge in [0.1, 0.15) is 0 Å². The van der Waals surface area contributed by atoms with Crippen LogP contribution in [-0.2, 0) is 14.3 Å². The molecule has 0 saturated heterocycles. The van der Waals surface area contributed by atoms with E-state index < -0.39 is 11.9 Å². The first-order valence-electron chi connectivity index (χ1n) is 5.66. The fraction of sp³-hybridized carbons (Fsp3) is 0.846. The van der Waals surface area contributed by atoms with Crippen LogP contribution in [0.3, 0.4) is 0 Å². The van der Waals surface area contributed by atoms with E-state index in [4.69, 9.17) is 4.74 Å². The van der Waals surface area contributed by atoms with Gasteiger partial charge in [0.2, 0.25) is 0 Å². The number of carbonyl (C=O) groups is 2. The van der Waals surface area contributed by atoms with Gasteiger partial charge in [-0.3, -0.25) is 9.59 Å². The van der Waals surface area contributed by atoms with E-state index in [9.17, 15) is 9.59 Å². The molecule has 3 nitrogen and oxygen atoms in total. The maximum Gasteiger partial charge on any atom is 0.317 e. The van der Waals surface area contributed by atoms with Crippen LogP contribution in [0.25, 0.3) is 0 Å². The van der Waals surface area contributed by atoms with Crippen LogP contribution in [0.1, 0.15) is 54.9 Å². The summed E-state index contributed by atoms with van der Waals surface area (Å²) >= 11 is 0. The van der Waals surface area contributed by atoms with Crippen LogP contribution >= 0.6 is 0 Å². The third kappa shape index (κ3) is 5.89. The lowest BCUT2D eigenvalue weighted by Gasteiger charge is -2.33. The normalized spacial score (nSPS) is 14.4. The summed E-state index contributed by atoms with van der Waals surface area (Å²) in [6, 6.07) is 0. The Bertz CT molecular complexity index is 266. The van der Waals surface area contributed by atoms with Crippen molar-refractivity contribution in [2.75, 3.05) is 0 Å². The summed E-state index contributed by atoms with van der Waals surface area (Å²) in [5.41, 5.74) is -0.159. The van der Waals surface area contributed by atoms with Crippen molar-refractivity contribution in [1.82, 2.24) is 0 Å². The van der Waals surface area contributed by atoms with Crippen molar-refractivity contribution in [2.24, 2.45) is 16.7 Å². The average molecular weight is 228 g/mol. The Morgan fingerprint density at radius 1 is 1.06 bits per heavy atom. The highest BCUT2D eigenvalue weighted by molar-refractivity contribution is 5.85. The van der Waals surface area contributed by atoms with Gasteiger partial charge >= 0.3 is 11.9 Å². The van der Waals surface area contributed by atoms with Crippen LogP contribution < -0.4 is 0 Å². The molecule has 0 aliphatic rings. The highest BCUT2D eigenvalue weighted by atomic mass is 16.6. The van der Waals surface area contributed by atoms with Crippen LogP contribution in [0, 0.1) is 16.7 Å². The van der Waals surface area contributed by atoms with Crippen molar-refractivity contribution in [1.29, 1.82) is 0 Å². The number of esters is 2. The van der Waals surface area contributed by atoms with Gasteiger partial charge in [0.15, 0.2) is 0 Å². The molecule has 0 amide bonds. The molecule has 0 saturated carbocycles. The minimum Gasteiger partial charge on any atom is -0.393 e. The number of ether oxygens (including phenoxy) is 1. The molecule has 3 heteroatoms. The summed E-state index contributed by atoms with van der Waals surface area (Å²) in [4.78, 5) is 22.6. The van der Waals surface area contributed by atoms with Crippen molar-refractivity contribution in [2.45, 2.75) is 54.9 Å². The molecule has 0 fully saturated rings. The highest BCUT2D eigenvalue weighted by Gasteiger charge is 2.36. The largest absolute Gasteiger partial charge is 0.393 e. The van der Waals surface area contributed by atoms with Crippen molar-refractivity contribution in [3.05, 3.63) is 0 Å². The quantitative estimate of drug-likeness (QED) is 0.538. The Morgan fingerprint density at radius 3 is 1.75 bits per heavy atom. The van der Waals surface area contributed by atoms with Crippen molar-refractivity contribution in [3.8, 4) is 0 Å². The first kappa shape index (κ1) is 15.1. The minimum atomic E-state index is -0.534. The lowest BCUT2D eigenvalue weighted by atomic mass is 9.72. The molecule has 94 valence electrons. The first-order chi connectivity index (χ1) is 6.93. The van der Waals surface area contributed by atoms with Crippen LogP contribution in [0.2, 0.25) is 0 Å². The van der Waals surface area contributed by atoms with Gasteiger partial charge in [-0.1, -0.05) is 41.5 Å². The Balaban J connectivity index is 4.83. The fourth-order valence-electron chi connectivity index (χ4n) is 1.57. The summed E-state index contributed by atoms with van der Waals surface area (Å²) in [7, 11) is 0. The Kier molecular flexibility index (Phi) is 4.71. The van der Waals surface area contributed by atoms with E-state index in [0.29, 0.717) is 6.42 Å². The molecule has 0 bridgehead atoms. The molecule has 16 heavy (non-hydrogen) atoms. The summed E-state index contributed by atoms with van der Waals surface area (Å²) in [5, 5.41) is 0. The molecule has 0 aliphatic heterocycles. The van der Waals surface area contributed by atoms with Gasteiger partial charge < -0.3 is 4.74 Å². The average Bonchev–Trinajstić information content (AvgIpc) is 1.94. The van der Waals surface area contributed by atoms with Crippen molar-refractivity contribution >= 4 is 11.9 Å². The molecule has 0 rings (SSSR count). The highest BCUT2D eigenvalue weighted by Crippen LogP contribution is 2.36. The molecular weight excluding hydrogens is 204 g/mol. The second kappa shape index (κ2) is 4.98. The molecule has 1 unspecified atom stereocenters. The molecule has 0 heterocycles. The summed E-state index contributed by atoms with van der Waals surface area (Å²) in [6.45, 7) is 13.5. The zero-order valence-electron chi connectivity index (χ0n) is 11.5. The first-order valence-corrected chi connectivity index (χ1v) is 5.66. The Morgan fingerprint density at radius 2 is 1.50 bits per heavy atom. The molecule has 0 radical (unpaired) electrons. The van der Waals surface area contributed by atoms with Gasteiger partial charge in [0.05, 0.1) is 5.92 Å². The molecular formula is C13H24O3. The topological polar surface area (TPSA) is 43.4 Å². The monoisotopic (exact) mass is 228 g/mol. The van der Waals surface area contributed by atoms with E-state index >= 15 is 0 Å². The lowest BCUT2D eigenvalue weighted by molar-refractivity contribution is -0.164. The van der Waals surface area contributed by atoms with E-state index in [-0.39, 0.29) is 16.7 Å².